The number of H-pyrrole nitrogens is 1. The van der Waals surface area contributed by atoms with Gasteiger partial charge < -0.3 is 4.98 Å². The average molecular weight is 340 g/mol. The minimum atomic E-state index is 0.875. The van der Waals surface area contributed by atoms with E-state index in [0.717, 1.165) is 44.3 Å². The summed E-state index contributed by atoms with van der Waals surface area (Å²) in [6, 6.07) is 17.0. The highest BCUT2D eigenvalue weighted by atomic mass is 35.5. The zero-order valence-corrected chi connectivity index (χ0v) is 14.5. The number of hydrogen-bond acceptors (Lipinski definition) is 2. The van der Waals surface area contributed by atoms with Gasteiger partial charge in [-0.2, -0.15) is 0 Å². The minimum absolute atomic E-state index is 0.875. The maximum absolute atomic E-state index is 6.28. The Kier molecular flexibility index (Phi) is 4.56. The van der Waals surface area contributed by atoms with E-state index < -0.39 is 0 Å². The zero-order valence-electron chi connectivity index (χ0n) is 13.7. The molecule has 4 heteroatoms. The zero-order chi connectivity index (χ0) is 16.4. The third kappa shape index (κ3) is 3.48. The molecule has 1 N–H and O–H groups in total. The normalized spacial score (nSPS) is 16.7. The van der Waals surface area contributed by atoms with Crippen LogP contribution >= 0.6 is 11.6 Å². The molecule has 0 unspecified atom stereocenters. The van der Waals surface area contributed by atoms with Gasteiger partial charge in [0, 0.05) is 56.0 Å². The summed E-state index contributed by atoms with van der Waals surface area (Å²) in [4.78, 5) is 8.28. The highest BCUT2D eigenvalue weighted by Crippen LogP contribution is 2.19. The third-order valence-electron chi connectivity index (χ3n) is 4.84. The van der Waals surface area contributed by atoms with Crippen LogP contribution in [0.3, 0.4) is 0 Å². The molecule has 24 heavy (non-hydrogen) atoms. The largest absolute Gasteiger partial charge is 0.361 e. The minimum Gasteiger partial charge on any atom is -0.361 e. The second-order valence-electron chi connectivity index (χ2n) is 6.54. The lowest BCUT2D eigenvalue weighted by molar-refractivity contribution is 0.122. The number of nitrogens with one attached hydrogen (secondary N) is 1. The molecule has 0 aliphatic carbocycles. The van der Waals surface area contributed by atoms with Crippen LogP contribution in [0.1, 0.15) is 11.1 Å². The number of hydrogen-bond donors (Lipinski definition) is 1. The number of fused-ring (bicyclic) bond motifs is 1. The first-order valence-corrected chi connectivity index (χ1v) is 8.90. The maximum Gasteiger partial charge on any atom is 0.0454 e. The van der Waals surface area contributed by atoms with Gasteiger partial charge in [-0.15, -0.1) is 0 Å². The molecule has 3 nitrogen and oxygen atoms in total. The van der Waals surface area contributed by atoms with Crippen molar-refractivity contribution in [3.8, 4) is 0 Å². The predicted molar refractivity (Wildman–Crippen MR) is 100 cm³/mol. The highest BCUT2D eigenvalue weighted by molar-refractivity contribution is 6.31. The highest BCUT2D eigenvalue weighted by Gasteiger charge is 2.17. The van der Waals surface area contributed by atoms with Gasteiger partial charge >= 0.3 is 0 Å². The van der Waals surface area contributed by atoms with Crippen LogP contribution in [0.2, 0.25) is 5.02 Å². The Morgan fingerprint density at radius 2 is 1.62 bits per heavy atom. The number of rotatable bonds is 4. The van der Waals surface area contributed by atoms with E-state index >= 15 is 0 Å². The van der Waals surface area contributed by atoms with Crippen molar-refractivity contribution in [1.29, 1.82) is 0 Å². The topological polar surface area (TPSA) is 22.3 Å². The Bertz CT molecular complexity index is 818. The van der Waals surface area contributed by atoms with Crippen LogP contribution in [-0.4, -0.2) is 41.0 Å². The molecule has 4 rings (SSSR count). The summed E-state index contributed by atoms with van der Waals surface area (Å²) in [6.45, 7) is 6.38. The van der Waals surface area contributed by atoms with Crippen LogP contribution in [0.5, 0.6) is 0 Å². The first kappa shape index (κ1) is 15.7. The van der Waals surface area contributed by atoms with Gasteiger partial charge in [-0.25, -0.2) is 0 Å². The smallest absolute Gasteiger partial charge is 0.0454 e. The van der Waals surface area contributed by atoms with Gasteiger partial charge in [0.15, 0.2) is 0 Å². The molecular weight excluding hydrogens is 318 g/mol. The number of halogens is 1. The van der Waals surface area contributed by atoms with Crippen molar-refractivity contribution in [3.63, 3.8) is 0 Å². The van der Waals surface area contributed by atoms with Crippen LogP contribution in [0.15, 0.2) is 54.7 Å². The quantitative estimate of drug-likeness (QED) is 0.771. The Balaban J connectivity index is 1.33. The molecule has 2 heterocycles. The number of nitrogens with zero attached hydrogens (tertiary/aromatic N) is 2. The first-order chi connectivity index (χ1) is 11.8. The maximum atomic E-state index is 6.28. The van der Waals surface area contributed by atoms with E-state index in [0.29, 0.717) is 0 Å². The third-order valence-corrected chi connectivity index (χ3v) is 5.21. The fraction of sp³-hybridized carbons (Fsp3) is 0.300. The van der Waals surface area contributed by atoms with Crippen molar-refractivity contribution in [2.24, 2.45) is 0 Å². The monoisotopic (exact) mass is 339 g/mol. The predicted octanol–water partition coefficient (Wildman–Crippen LogP) is 4.14. The van der Waals surface area contributed by atoms with Gasteiger partial charge in [0.25, 0.3) is 0 Å². The van der Waals surface area contributed by atoms with E-state index in [1.54, 1.807) is 0 Å². The summed E-state index contributed by atoms with van der Waals surface area (Å²) in [5.41, 5.74) is 3.83. The molecule has 0 spiro atoms. The van der Waals surface area contributed by atoms with Crippen molar-refractivity contribution < 1.29 is 0 Å². The molecule has 1 fully saturated rings. The summed E-state index contributed by atoms with van der Waals surface area (Å²) >= 11 is 6.28. The summed E-state index contributed by atoms with van der Waals surface area (Å²) in [6.07, 6.45) is 2.00. The van der Waals surface area contributed by atoms with Crippen LogP contribution in [0.4, 0.5) is 0 Å². The Labute approximate surface area is 147 Å². The SMILES string of the molecule is Clc1ccccc1CN1CCN(Cc2ccc3[nH]ccc3c2)CC1. The molecule has 0 bridgehead atoms. The number of aromatic nitrogens is 1. The van der Waals surface area contributed by atoms with Crippen molar-refractivity contribution in [2.75, 3.05) is 26.2 Å². The van der Waals surface area contributed by atoms with Gasteiger partial charge in [-0.3, -0.25) is 9.80 Å². The Morgan fingerprint density at radius 3 is 2.42 bits per heavy atom. The summed E-state index contributed by atoms with van der Waals surface area (Å²) in [5.74, 6) is 0. The molecule has 0 radical (unpaired) electrons. The molecule has 2 aromatic carbocycles. The summed E-state index contributed by atoms with van der Waals surface area (Å²) < 4.78 is 0. The van der Waals surface area contributed by atoms with Crippen molar-refractivity contribution in [3.05, 3.63) is 70.9 Å². The van der Waals surface area contributed by atoms with E-state index in [2.05, 4.69) is 51.2 Å². The summed E-state index contributed by atoms with van der Waals surface area (Å²) in [7, 11) is 0. The molecule has 0 amide bonds. The molecular formula is C20H22ClN3. The van der Waals surface area contributed by atoms with Gasteiger partial charge in [-0.1, -0.05) is 35.9 Å². The number of benzene rings is 2. The molecule has 1 aliphatic rings. The fourth-order valence-corrected chi connectivity index (χ4v) is 3.63. The van der Waals surface area contributed by atoms with Crippen LogP contribution in [-0.2, 0) is 13.1 Å². The Hall–Kier alpha value is -1.81. The van der Waals surface area contributed by atoms with Crippen LogP contribution in [0, 0.1) is 0 Å². The average Bonchev–Trinajstić information content (AvgIpc) is 3.06. The van der Waals surface area contributed by atoms with Gasteiger partial charge in [0.1, 0.15) is 0 Å². The molecule has 0 saturated carbocycles. The lowest BCUT2D eigenvalue weighted by Crippen LogP contribution is -2.45. The second-order valence-corrected chi connectivity index (χ2v) is 6.95. The summed E-state index contributed by atoms with van der Waals surface area (Å²) in [5, 5.41) is 2.17. The number of aromatic amines is 1. The first-order valence-electron chi connectivity index (χ1n) is 8.52. The van der Waals surface area contributed by atoms with E-state index in [-0.39, 0.29) is 0 Å². The van der Waals surface area contributed by atoms with Gasteiger partial charge in [0.2, 0.25) is 0 Å². The van der Waals surface area contributed by atoms with E-state index in [1.807, 2.05) is 18.3 Å². The van der Waals surface area contributed by atoms with Gasteiger partial charge in [-0.05, 0) is 40.8 Å². The Morgan fingerprint density at radius 1 is 0.875 bits per heavy atom. The number of piperazine rings is 1. The lowest BCUT2D eigenvalue weighted by Gasteiger charge is -2.34. The molecule has 1 saturated heterocycles. The van der Waals surface area contributed by atoms with Crippen molar-refractivity contribution in [1.82, 2.24) is 14.8 Å². The van der Waals surface area contributed by atoms with Crippen molar-refractivity contribution in [2.45, 2.75) is 13.1 Å². The molecule has 1 aromatic heterocycles. The van der Waals surface area contributed by atoms with E-state index in [9.17, 15) is 0 Å². The van der Waals surface area contributed by atoms with Crippen LogP contribution in [0.25, 0.3) is 10.9 Å². The molecule has 0 atom stereocenters. The molecule has 124 valence electrons. The molecule has 3 aromatic rings. The van der Waals surface area contributed by atoms with Crippen LogP contribution < -0.4 is 0 Å². The standard InChI is InChI=1S/C20H22ClN3/c21-19-4-2-1-3-18(19)15-24-11-9-23(10-12-24)14-16-5-6-20-17(13-16)7-8-22-20/h1-8,13,22H,9-12,14-15H2. The lowest BCUT2D eigenvalue weighted by atomic mass is 10.1. The van der Waals surface area contributed by atoms with E-state index in [1.165, 1.54) is 22.0 Å². The van der Waals surface area contributed by atoms with E-state index in [4.69, 9.17) is 11.6 Å². The second kappa shape index (κ2) is 6.98. The fourth-order valence-electron chi connectivity index (χ4n) is 3.43. The van der Waals surface area contributed by atoms with Gasteiger partial charge in [0.05, 0.1) is 0 Å². The molecule has 1 aliphatic heterocycles. The van der Waals surface area contributed by atoms with Crippen molar-refractivity contribution >= 4 is 22.5 Å².